The second kappa shape index (κ2) is 12.1. The summed E-state index contributed by atoms with van der Waals surface area (Å²) in [7, 11) is 0. The number of thioether (sulfide) groups is 1. The normalized spacial score (nSPS) is 15.2. The average Bonchev–Trinajstić information content (AvgIpc) is 3.29. The van der Waals surface area contributed by atoms with Crippen LogP contribution >= 0.6 is 35.0 Å². The van der Waals surface area contributed by atoms with Crippen molar-refractivity contribution in [1.29, 1.82) is 0 Å². The predicted octanol–water partition coefficient (Wildman–Crippen LogP) is 10.2. The molecule has 0 bridgehead atoms. The van der Waals surface area contributed by atoms with Crippen molar-refractivity contribution in [3.05, 3.63) is 140 Å². The SMILES string of the molecule is Cc1ccc(N=C2S/C(=C/c3ccc(OCc4cccc5ccccc45)cc3)C(=O)N2c2ccc(C)c(Cl)c2)cc1Cl. The van der Waals surface area contributed by atoms with Crippen molar-refractivity contribution < 1.29 is 9.53 Å². The number of rotatable bonds is 6. The minimum atomic E-state index is -0.173. The van der Waals surface area contributed by atoms with Crippen LogP contribution in [-0.4, -0.2) is 11.1 Å². The molecule has 42 heavy (non-hydrogen) atoms. The number of hydrogen-bond donors (Lipinski definition) is 0. The molecule has 0 saturated carbocycles. The van der Waals surface area contributed by atoms with Crippen molar-refractivity contribution in [2.45, 2.75) is 20.5 Å². The largest absolute Gasteiger partial charge is 0.489 e. The van der Waals surface area contributed by atoms with Crippen LogP contribution < -0.4 is 9.64 Å². The first-order chi connectivity index (χ1) is 20.4. The number of carbonyl (C=O) groups is 1. The zero-order valence-corrected chi connectivity index (χ0v) is 25.3. The quantitative estimate of drug-likeness (QED) is 0.180. The van der Waals surface area contributed by atoms with E-state index in [-0.39, 0.29) is 5.91 Å². The molecule has 1 amide bonds. The van der Waals surface area contributed by atoms with Gasteiger partial charge in [-0.15, -0.1) is 0 Å². The summed E-state index contributed by atoms with van der Waals surface area (Å²) in [6.07, 6.45) is 1.87. The van der Waals surface area contributed by atoms with Crippen molar-refractivity contribution in [3.63, 3.8) is 0 Å². The van der Waals surface area contributed by atoms with Gasteiger partial charge in [-0.1, -0.05) is 89.9 Å². The van der Waals surface area contributed by atoms with E-state index in [1.807, 2.05) is 86.7 Å². The van der Waals surface area contributed by atoms with Crippen LogP contribution in [0, 0.1) is 13.8 Å². The highest BCUT2D eigenvalue weighted by Crippen LogP contribution is 2.39. The third-order valence-corrected chi connectivity index (χ3v) is 8.84. The van der Waals surface area contributed by atoms with Gasteiger partial charge in [0, 0.05) is 10.0 Å². The minimum absolute atomic E-state index is 0.173. The number of aliphatic imine (C=N–C) groups is 1. The molecule has 0 aromatic heterocycles. The molecule has 5 aromatic carbocycles. The monoisotopic (exact) mass is 608 g/mol. The van der Waals surface area contributed by atoms with Gasteiger partial charge >= 0.3 is 0 Å². The highest BCUT2D eigenvalue weighted by molar-refractivity contribution is 8.19. The number of benzene rings is 5. The molecular formula is C35H26Cl2N2O2S. The van der Waals surface area contributed by atoms with E-state index in [0.717, 1.165) is 28.0 Å². The molecule has 1 heterocycles. The van der Waals surface area contributed by atoms with E-state index < -0.39 is 0 Å². The zero-order valence-electron chi connectivity index (χ0n) is 23.0. The molecule has 0 aliphatic carbocycles. The van der Waals surface area contributed by atoms with Crippen LogP contribution in [0.15, 0.2) is 113 Å². The molecule has 1 aliphatic heterocycles. The van der Waals surface area contributed by atoms with Crippen LogP contribution in [0.25, 0.3) is 16.8 Å². The van der Waals surface area contributed by atoms with Gasteiger partial charge in [0.05, 0.1) is 16.3 Å². The highest BCUT2D eigenvalue weighted by Gasteiger charge is 2.35. The summed E-state index contributed by atoms with van der Waals surface area (Å²) in [4.78, 5) is 20.7. The van der Waals surface area contributed by atoms with Crippen molar-refractivity contribution in [3.8, 4) is 5.75 Å². The summed E-state index contributed by atoms with van der Waals surface area (Å²) in [5, 5.41) is 4.10. The average molecular weight is 610 g/mol. The standard InChI is InChI=1S/C35H26Cl2N2O2S/c1-22-10-14-27(19-31(22)36)38-35-39(28-15-11-23(2)32(37)20-28)34(40)33(42-35)18-24-12-16-29(17-13-24)41-21-26-8-5-7-25-6-3-4-9-30(25)26/h3-20H,21H2,1-2H3/b33-18+,38-35?. The molecule has 208 valence electrons. The summed E-state index contributed by atoms with van der Waals surface area (Å²) in [6, 6.07) is 33.4. The van der Waals surface area contributed by atoms with Crippen LogP contribution in [-0.2, 0) is 11.4 Å². The Bertz CT molecular complexity index is 1880. The number of fused-ring (bicyclic) bond motifs is 1. The topological polar surface area (TPSA) is 41.9 Å². The van der Waals surface area contributed by atoms with E-state index in [0.29, 0.717) is 38.1 Å². The van der Waals surface area contributed by atoms with Crippen LogP contribution in [0.2, 0.25) is 10.0 Å². The summed E-state index contributed by atoms with van der Waals surface area (Å²) in [5.41, 5.74) is 5.22. The highest BCUT2D eigenvalue weighted by atomic mass is 35.5. The lowest BCUT2D eigenvalue weighted by Crippen LogP contribution is -2.28. The smallest absolute Gasteiger partial charge is 0.271 e. The Morgan fingerprint density at radius 2 is 1.55 bits per heavy atom. The molecule has 0 N–H and O–H groups in total. The number of nitrogens with zero attached hydrogens (tertiary/aromatic N) is 2. The van der Waals surface area contributed by atoms with E-state index in [2.05, 4.69) is 24.3 Å². The van der Waals surface area contributed by atoms with E-state index >= 15 is 0 Å². The fraction of sp³-hybridized carbons (Fsp3) is 0.0857. The second-order valence-corrected chi connectivity index (χ2v) is 11.8. The molecule has 0 spiro atoms. The molecule has 6 rings (SSSR count). The first kappa shape index (κ1) is 28.1. The van der Waals surface area contributed by atoms with Crippen molar-refractivity contribution in [2.24, 2.45) is 4.99 Å². The molecule has 1 fully saturated rings. The number of ether oxygens (including phenoxy) is 1. The Morgan fingerprint density at radius 3 is 2.31 bits per heavy atom. The number of anilines is 1. The molecular weight excluding hydrogens is 583 g/mol. The Morgan fingerprint density at radius 1 is 0.833 bits per heavy atom. The van der Waals surface area contributed by atoms with E-state index in [9.17, 15) is 4.79 Å². The molecule has 0 unspecified atom stereocenters. The van der Waals surface area contributed by atoms with Gasteiger partial charge < -0.3 is 4.74 Å². The number of carbonyl (C=O) groups excluding carboxylic acids is 1. The van der Waals surface area contributed by atoms with Gasteiger partial charge in [-0.25, -0.2) is 4.99 Å². The molecule has 4 nitrogen and oxygen atoms in total. The lowest BCUT2D eigenvalue weighted by Gasteiger charge is -2.16. The summed E-state index contributed by atoms with van der Waals surface area (Å²) in [6.45, 7) is 4.33. The Balaban J connectivity index is 1.26. The van der Waals surface area contributed by atoms with Crippen molar-refractivity contribution in [1.82, 2.24) is 0 Å². The maximum atomic E-state index is 13.7. The van der Waals surface area contributed by atoms with Crippen LogP contribution in [0.5, 0.6) is 5.75 Å². The first-order valence-electron chi connectivity index (χ1n) is 13.4. The van der Waals surface area contributed by atoms with Gasteiger partial charge in [0.15, 0.2) is 5.17 Å². The Labute approximate surface area is 259 Å². The molecule has 5 aromatic rings. The van der Waals surface area contributed by atoms with Gasteiger partial charge in [0.2, 0.25) is 0 Å². The van der Waals surface area contributed by atoms with E-state index in [1.165, 1.54) is 22.5 Å². The van der Waals surface area contributed by atoms with Gasteiger partial charge in [-0.3, -0.25) is 9.69 Å². The summed E-state index contributed by atoms with van der Waals surface area (Å²) in [5.74, 6) is 0.582. The van der Waals surface area contributed by atoms with Gasteiger partial charge in [-0.2, -0.15) is 0 Å². The number of halogens is 2. The molecule has 1 saturated heterocycles. The van der Waals surface area contributed by atoms with Gasteiger partial charge in [0.1, 0.15) is 12.4 Å². The fourth-order valence-electron chi connectivity index (χ4n) is 4.65. The number of hydrogen-bond acceptors (Lipinski definition) is 4. The third kappa shape index (κ3) is 5.95. The maximum Gasteiger partial charge on any atom is 0.271 e. The predicted molar refractivity (Wildman–Crippen MR) is 177 cm³/mol. The Kier molecular flexibility index (Phi) is 8.07. The lowest BCUT2D eigenvalue weighted by molar-refractivity contribution is -0.113. The minimum Gasteiger partial charge on any atom is -0.489 e. The lowest BCUT2D eigenvalue weighted by atomic mass is 10.1. The fourth-order valence-corrected chi connectivity index (χ4v) is 6.00. The number of amides is 1. The van der Waals surface area contributed by atoms with Crippen LogP contribution in [0.3, 0.4) is 0 Å². The van der Waals surface area contributed by atoms with E-state index in [4.69, 9.17) is 32.9 Å². The third-order valence-electron chi connectivity index (χ3n) is 7.05. The van der Waals surface area contributed by atoms with Crippen molar-refractivity contribution in [2.75, 3.05) is 4.90 Å². The second-order valence-electron chi connectivity index (χ2n) is 10.0. The van der Waals surface area contributed by atoms with Crippen LogP contribution in [0.1, 0.15) is 22.3 Å². The van der Waals surface area contributed by atoms with Crippen molar-refractivity contribution >= 4 is 74.3 Å². The molecule has 7 heteroatoms. The molecule has 1 aliphatic rings. The van der Waals surface area contributed by atoms with E-state index in [1.54, 1.807) is 17.0 Å². The molecule has 0 radical (unpaired) electrons. The number of aryl methyl sites for hydroxylation is 2. The van der Waals surface area contributed by atoms with Crippen LogP contribution in [0.4, 0.5) is 11.4 Å². The maximum absolute atomic E-state index is 13.7. The first-order valence-corrected chi connectivity index (χ1v) is 15.0. The summed E-state index contributed by atoms with van der Waals surface area (Å²) >= 11 is 14.1. The molecule has 0 atom stereocenters. The Hall–Kier alpha value is -4.03. The van der Waals surface area contributed by atoms with Gasteiger partial charge in [0.25, 0.3) is 5.91 Å². The number of amidine groups is 1. The zero-order chi connectivity index (χ0) is 29.2. The summed E-state index contributed by atoms with van der Waals surface area (Å²) < 4.78 is 6.10. The van der Waals surface area contributed by atoms with Gasteiger partial charge in [-0.05, 0) is 101 Å².